The molecule has 4 aromatic rings. The molecule has 0 aliphatic rings. The van der Waals surface area contributed by atoms with Gasteiger partial charge in [-0.1, -0.05) is 30.3 Å². The van der Waals surface area contributed by atoms with Crippen LogP contribution in [-0.4, -0.2) is 28.2 Å². The molecular weight excluding hydrogens is 364 g/mol. The van der Waals surface area contributed by atoms with Gasteiger partial charge in [0.15, 0.2) is 5.82 Å². The lowest BCUT2D eigenvalue weighted by atomic mass is 9.91. The number of aryl methyl sites for hydroxylation is 1. The highest BCUT2D eigenvalue weighted by Crippen LogP contribution is 2.31. The smallest absolute Gasteiger partial charge is 0.293 e. The number of hydrogen-bond acceptors (Lipinski definition) is 4. The van der Waals surface area contributed by atoms with Crippen LogP contribution < -0.4 is 15.6 Å². The van der Waals surface area contributed by atoms with E-state index in [2.05, 4.69) is 39.6 Å². The fourth-order valence-corrected chi connectivity index (χ4v) is 3.64. The van der Waals surface area contributed by atoms with E-state index in [0.717, 1.165) is 16.8 Å². The first-order valence-corrected chi connectivity index (χ1v) is 9.70. The number of H-pyrrole nitrogens is 1. The Bertz CT molecular complexity index is 1160. The molecule has 0 saturated heterocycles. The highest BCUT2D eigenvalue weighted by atomic mass is 16.5. The molecule has 2 aromatic heterocycles. The highest BCUT2D eigenvalue weighted by Gasteiger charge is 2.19. The summed E-state index contributed by atoms with van der Waals surface area (Å²) in [6.07, 6.45) is 5.40. The van der Waals surface area contributed by atoms with E-state index in [1.807, 2.05) is 37.4 Å². The lowest BCUT2D eigenvalue weighted by molar-refractivity contribution is 0.414. The summed E-state index contributed by atoms with van der Waals surface area (Å²) in [5, 5.41) is 4.45. The number of rotatable bonds is 7. The fourth-order valence-electron chi connectivity index (χ4n) is 3.64. The zero-order valence-electron chi connectivity index (χ0n) is 16.6. The summed E-state index contributed by atoms with van der Waals surface area (Å²) >= 11 is 0. The molecule has 29 heavy (non-hydrogen) atoms. The minimum atomic E-state index is -0.109. The van der Waals surface area contributed by atoms with Crippen LogP contribution in [0.15, 0.2) is 71.9 Å². The van der Waals surface area contributed by atoms with Gasteiger partial charge in [-0.05, 0) is 36.2 Å². The first-order chi connectivity index (χ1) is 14.2. The van der Waals surface area contributed by atoms with Crippen LogP contribution in [0.1, 0.15) is 24.0 Å². The molecule has 4 rings (SSSR count). The Morgan fingerprint density at radius 3 is 2.72 bits per heavy atom. The molecule has 0 saturated carbocycles. The Kier molecular flexibility index (Phi) is 5.33. The van der Waals surface area contributed by atoms with Crippen LogP contribution in [0.3, 0.4) is 0 Å². The number of anilines is 1. The molecule has 6 heteroatoms. The third-order valence-electron chi connectivity index (χ3n) is 5.24. The predicted octanol–water partition coefficient (Wildman–Crippen LogP) is 4.00. The zero-order chi connectivity index (χ0) is 20.2. The molecule has 0 radical (unpaired) electrons. The second-order valence-corrected chi connectivity index (χ2v) is 6.86. The monoisotopic (exact) mass is 388 g/mol. The Balaban J connectivity index is 1.71. The molecule has 0 aliphatic carbocycles. The first-order valence-electron chi connectivity index (χ1n) is 9.70. The minimum absolute atomic E-state index is 0.0357. The fraction of sp³-hybridized carbons (Fsp3) is 0.217. The van der Waals surface area contributed by atoms with Crippen LogP contribution in [0.5, 0.6) is 5.75 Å². The third-order valence-corrected chi connectivity index (χ3v) is 5.24. The zero-order valence-corrected chi connectivity index (χ0v) is 16.6. The number of hydrogen-bond donors (Lipinski definition) is 2. The van der Waals surface area contributed by atoms with Gasteiger partial charge in [-0.3, -0.25) is 4.79 Å². The molecule has 148 valence electrons. The number of methoxy groups -OCH3 is 1. The van der Waals surface area contributed by atoms with Gasteiger partial charge in [0.05, 0.1) is 7.11 Å². The van der Waals surface area contributed by atoms with E-state index in [4.69, 9.17) is 4.74 Å². The molecule has 0 bridgehead atoms. The predicted molar refractivity (Wildman–Crippen MR) is 116 cm³/mol. The lowest BCUT2D eigenvalue weighted by Gasteiger charge is -2.19. The number of ether oxygens (including phenoxy) is 1. The van der Waals surface area contributed by atoms with Gasteiger partial charge in [-0.2, -0.15) is 0 Å². The number of nitrogens with one attached hydrogen (secondary N) is 2. The van der Waals surface area contributed by atoms with E-state index in [1.54, 1.807) is 24.1 Å². The standard InChI is InChI=1S/C23H24N4O2/c1-3-27-13-12-24-22(23(27)28)26-14-19(16-8-10-17(29-2)11-9-16)20-15-25-21-7-5-4-6-18(20)21/h4-13,15,19,25H,3,14H2,1-2H3,(H,24,26). The molecule has 2 heterocycles. The van der Waals surface area contributed by atoms with Crippen molar-refractivity contribution in [3.8, 4) is 5.75 Å². The number of para-hydroxylation sites is 1. The van der Waals surface area contributed by atoms with Crippen molar-refractivity contribution < 1.29 is 4.74 Å². The molecular formula is C23H24N4O2. The molecule has 0 fully saturated rings. The van der Waals surface area contributed by atoms with Crippen molar-refractivity contribution in [2.45, 2.75) is 19.4 Å². The maximum atomic E-state index is 12.5. The Hall–Kier alpha value is -3.54. The quantitative estimate of drug-likeness (QED) is 0.502. The maximum absolute atomic E-state index is 12.5. The van der Waals surface area contributed by atoms with Gasteiger partial charge in [-0.15, -0.1) is 0 Å². The van der Waals surface area contributed by atoms with Crippen molar-refractivity contribution in [1.29, 1.82) is 0 Å². The van der Waals surface area contributed by atoms with E-state index in [-0.39, 0.29) is 11.5 Å². The van der Waals surface area contributed by atoms with Gasteiger partial charge >= 0.3 is 0 Å². The Morgan fingerprint density at radius 1 is 1.17 bits per heavy atom. The van der Waals surface area contributed by atoms with Gasteiger partial charge in [0, 0.05) is 48.5 Å². The van der Waals surface area contributed by atoms with Crippen LogP contribution in [0.2, 0.25) is 0 Å². The molecule has 0 aliphatic heterocycles. The van der Waals surface area contributed by atoms with Crippen LogP contribution in [0, 0.1) is 0 Å². The molecule has 6 nitrogen and oxygen atoms in total. The molecule has 0 amide bonds. The minimum Gasteiger partial charge on any atom is -0.497 e. The summed E-state index contributed by atoms with van der Waals surface area (Å²) < 4.78 is 6.95. The van der Waals surface area contributed by atoms with Crippen molar-refractivity contribution in [2.24, 2.45) is 0 Å². The average Bonchev–Trinajstić information content (AvgIpc) is 3.19. The van der Waals surface area contributed by atoms with Crippen molar-refractivity contribution >= 4 is 16.7 Å². The van der Waals surface area contributed by atoms with Crippen LogP contribution in [0.25, 0.3) is 10.9 Å². The van der Waals surface area contributed by atoms with Crippen molar-refractivity contribution in [3.63, 3.8) is 0 Å². The summed E-state index contributed by atoms with van der Waals surface area (Å²) in [6.45, 7) is 3.10. The van der Waals surface area contributed by atoms with E-state index >= 15 is 0 Å². The van der Waals surface area contributed by atoms with Gasteiger partial charge in [0.2, 0.25) is 0 Å². The first kappa shape index (κ1) is 18.8. The second-order valence-electron chi connectivity index (χ2n) is 6.86. The summed E-state index contributed by atoms with van der Waals surface area (Å²) in [6, 6.07) is 16.3. The molecule has 1 atom stereocenters. The van der Waals surface area contributed by atoms with Gasteiger partial charge in [-0.25, -0.2) is 4.98 Å². The van der Waals surface area contributed by atoms with Crippen molar-refractivity contribution in [1.82, 2.24) is 14.5 Å². The average molecular weight is 388 g/mol. The summed E-state index contributed by atoms with van der Waals surface area (Å²) in [7, 11) is 1.66. The Labute approximate surface area is 169 Å². The van der Waals surface area contributed by atoms with E-state index in [1.165, 1.54) is 10.9 Å². The van der Waals surface area contributed by atoms with Crippen LogP contribution in [-0.2, 0) is 6.54 Å². The van der Waals surface area contributed by atoms with Gasteiger partial charge in [0.1, 0.15) is 5.75 Å². The molecule has 2 N–H and O–H groups in total. The second kappa shape index (κ2) is 8.22. The third kappa shape index (κ3) is 3.74. The number of fused-ring (bicyclic) bond motifs is 1. The van der Waals surface area contributed by atoms with Gasteiger partial charge < -0.3 is 19.6 Å². The summed E-state index contributed by atoms with van der Waals surface area (Å²) in [5.41, 5.74) is 3.29. The van der Waals surface area contributed by atoms with Crippen LogP contribution >= 0.6 is 0 Å². The number of benzene rings is 2. The SMILES string of the molecule is CCn1ccnc(NCC(c2ccc(OC)cc2)c2c[nH]c3ccccc23)c1=O. The topological polar surface area (TPSA) is 71.9 Å². The normalized spacial score (nSPS) is 12.1. The maximum Gasteiger partial charge on any atom is 0.293 e. The lowest BCUT2D eigenvalue weighted by Crippen LogP contribution is -2.25. The molecule has 1 unspecified atom stereocenters. The highest BCUT2D eigenvalue weighted by molar-refractivity contribution is 5.84. The van der Waals surface area contributed by atoms with Crippen molar-refractivity contribution in [2.75, 3.05) is 19.0 Å². The molecule has 0 spiro atoms. The largest absolute Gasteiger partial charge is 0.497 e. The Morgan fingerprint density at radius 2 is 1.97 bits per heavy atom. The van der Waals surface area contributed by atoms with Crippen LogP contribution in [0.4, 0.5) is 5.82 Å². The van der Waals surface area contributed by atoms with E-state index in [0.29, 0.717) is 18.9 Å². The molecule has 2 aromatic carbocycles. The van der Waals surface area contributed by atoms with E-state index in [9.17, 15) is 4.79 Å². The van der Waals surface area contributed by atoms with E-state index < -0.39 is 0 Å². The summed E-state index contributed by atoms with van der Waals surface area (Å²) in [5.74, 6) is 1.22. The van der Waals surface area contributed by atoms with Crippen molar-refractivity contribution in [3.05, 3.63) is 88.6 Å². The number of aromatic nitrogens is 3. The number of aromatic amines is 1. The summed E-state index contributed by atoms with van der Waals surface area (Å²) in [4.78, 5) is 20.2. The van der Waals surface area contributed by atoms with Gasteiger partial charge in [0.25, 0.3) is 5.56 Å². The number of nitrogens with zero attached hydrogens (tertiary/aromatic N) is 2.